The molecule has 1 aromatic carbocycles. The molecule has 0 spiro atoms. The van der Waals surface area contributed by atoms with E-state index in [2.05, 4.69) is 27.8 Å². The second-order valence-electron chi connectivity index (χ2n) is 6.02. The fourth-order valence-corrected chi connectivity index (χ4v) is 3.52. The maximum Gasteiger partial charge on any atom is 0.176 e. The van der Waals surface area contributed by atoms with Crippen LogP contribution in [0.2, 0.25) is 5.02 Å². The molecular formula is C16H22ClN5. The van der Waals surface area contributed by atoms with Crippen molar-refractivity contribution in [2.75, 3.05) is 6.54 Å². The van der Waals surface area contributed by atoms with E-state index >= 15 is 0 Å². The zero-order valence-corrected chi connectivity index (χ0v) is 13.9. The summed E-state index contributed by atoms with van der Waals surface area (Å²) in [5.74, 6) is 0.897. The average molecular weight is 320 g/mol. The molecular weight excluding hydrogens is 298 g/mol. The van der Waals surface area contributed by atoms with Crippen LogP contribution >= 0.6 is 11.6 Å². The summed E-state index contributed by atoms with van der Waals surface area (Å²) in [6.07, 6.45) is 5.83. The van der Waals surface area contributed by atoms with Crippen molar-refractivity contribution in [1.29, 1.82) is 0 Å². The monoisotopic (exact) mass is 319 g/mol. The van der Waals surface area contributed by atoms with Gasteiger partial charge in [-0.2, -0.15) is 4.68 Å². The SMILES string of the molecule is CCNC1(c2nnnn2-c2ccc(C)c(Cl)c2)CCCCC1. The van der Waals surface area contributed by atoms with Crippen LogP contribution in [0.5, 0.6) is 0 Å². The summed E-state index contributed by atoms with van der Waals surface area (Å²) < 4.78 is 1.83. The Labute approximate surface area is 136 Å². The fraction of sp³-hybridized carbons (Fsp3) is 0.562. The topological polar surface area (TPSA) is 55.6 Å². The highest BCUT2D eigenvalue weighted by Crippen LogP contribution is 2.36. The molecule has 22 heavy (non-hydrogen) atoms. The van der Waals surface area contributed by atoms with Gasteiger partial charge in [0.25, 0.3) is 0 Å². The number of nitrogens with zero attached hydrogens (tertiary/aromatic N) is 4. The first-order valence-corrected chi connectivity index (χ1v) is 8.34. The number of halogens is 1. The Morgan fingerprint density at radius 2 is 2.05 bits per heavy atom. The second kappa shape index (κ2) is 6.34. The first-order chi connectivity index (χ1) is 10.7. The van der Waals surface area contributed by atoms with Gasteiger partial charge in [-0.15, -0.1) is 5.10 Å². The van der Waals surface area contributed by atoms with E-state index in [1.807, 2.05) is 29.8 Å². The Bertz CT molecular complexity index is 640. The zero-order chi connectivity index (χ0) is 15.6. The first kappa shape index (κ1) is 15.4. The molecule has 0 saturated heterocycles. The minimum absolute atomic E-state index is 0.131. The van der Waals surface area contributed by atoms with E-state index < -0.39 is 0 Å². The fourth-order valence-electron chi connectivity index (χ4n) is 3.35. The van der Waals surface area contributed by atoms with Gasteiger partial charge in [-0.25, -0.2) is 0 Å². The van der Waals surface area contributed by atoms with E-state index in [0.29, 0.717) is 0 Å². The summed E-state index contributed by atoms with van der Waals surface area (Å²) in [4.78, 5) is 0. The molecule has 1 saturated carbocycles. The van der Waals surface area contributed by atoms with Gasteiger partial charge < -0.3 is 5.32 Å². The predicted molar refractivity (Wildman–Crippen MR) is 87.3 cm³/mol. The summed E-state index contributed by atoms with van der Waals surface area (Å²) in [5, 5.41) is 16.9. The molecule has 1 N–H and O–H groups in total. The molecule has 0 unspecified atom stereocenters. The highest BCUT2D eigenvalue weighted by Gasteiger charge is 2.38. The van der Waals surface area contributed by atoms with Gasteiger partial charge in [0.2, 0.25) is 0 Å². The van der Waals surface area contributed by atoms with Gasteiger partial charge in [0.05, 0.1) is 11.2 Å². The van der Waals surface area contributed by atoms with Crippen LogP contribution in [-0.2, 0) is 5.54 Å². The maximum absolute atomic E-state index is 6.27. The lowest BCUT2D eigenvalue weighted by Gasteiger charge is -2.36. The smallest absolute Gasteiger partial charge is 0.176 e. The number of rotatable bonds is 4. The van der Waals surface area contributed by atoms with Crippen molar-refractivity contribution < 1.29 is 0 Å². The molecule has 118 valence electrons. The third-order valence-corrected chi connectivity index (χ3v) is 4.93. The van der Waals surface area contributed by atoms with Crippen molar-refractivity contribution in [3.63, 3.8) is 0 Å². The van der Waals surface area contributed by atoms with Gasteiger partial charge in [-0.05, 0) is 54.4 Å². The third kappa shape index (κ3) is 2.75. The van der Waals surface area contributed by atoms with Crippen molar-refractivity contribution in [3.05, 3.63) is 34.6 Å². The number of hydrogen-bond acceptors (Lipinski definition) is 4. The number of aryl methyl sites for hydroxylation is 1. The van der Waals surface area contributed by atoms with E-state index in [-0.39, 0.29) is 5.54 Å². The Hall–Kier alpha value is -1.46. The van der Waals surface area contributed by atoms with Gasteiger partial charge in [0.1, 0.15) is 0 Å². The molecule has 0 radical (unpaired) electrons. The maximum atomic E-state index is 6.27. The third-order valence-electron chi connectivity index (χ3n) is 4.52. The Balaban J connectivity index is 2.04. The quantitative estimate of drug-likeness (QED) is 0.938. The van der Waals surface area contributed by atoms with Crippen LogP contribution in [0.3, 0.4) is 0 Å². The molecule has 0 bridgehead atoms. The zero-order valence-electron chi connectivity index (χ0n) is 13.1. The van der Waals surface area contributed by atoms with E-state index in [1.165, 1.54) is 19.3 Å². The van der Waals surface area contributed by atoms with Crippen LogP contribution < -0.4 is 5.32 Å². The Morgan fingerprint density at radius 1 is 1.27 bits per heavy atom. The molecule has 0 amide bonds. The molecule has 1 aliphatic carbocycles. The predicted octanol–water partition coefficient (Wildman–Crippen LogP) is 3.39. The van der Waals surface area contributed by atoms with E-state index in [0.717, 1.165) is 41.5 Å². The minimum Gasteiger partial charge on any atom is -0.305 e. The lowest BCUT2D eigenvalue weighted by Crippen LogP contribution is -2.46. The summed E-state index contributed by atoms with van der Waals surface area (Å²) >= 11 is 6.27. The first-order valence-electron chi connectivity index (χ1n) is 7.97. The lowest BCUT2D eigenvalue weighted by molar-refractivity contribution is 0.220. The van der Waals surface area contributed by atoms with Crippen LogP contribution in [-0.4, -0.2) is 26.8 Å². The number of tetrazole rings is 1. The largest absolute Gasteiger partial charge is 0.305 e. The van der Waals surface area contributed by atoms with Gasteiger partial charge >= 0.3 is 0 Å². The van der Waals surface area contributed by atoms with Gasteiger partial charge in [-0.3, -0.25) is 0 Å². The molecule has 3 rings (SSSR count). The second-order valence-corrected chi connectivity index (χ2v) is 6.43. The summed E-state index contributed by atoms with van der Waals surface area (Å²) in [6, 6.07) is 5.95. The standard InChI is InChI=1S/C16H22ClN5/c1-3-18-16(9-5-4-6-10-16)15-19-20-21-22(15)13-8-7-12(2)14(17)11-13/h7-8,11,18H,3-6,9-10H2,1-2H3. The molecule has 1 fully saturated rings. The van der Waals surface area contributed by atoms with Crippen LogP contribution in [0, 0.1) is 6.92 Å². The number of benzene rings is 1. The molecule has 1 heterocycles. The van der Waals surface area contributed by atoms with Gasteiger partial charge in [0, 0.05) is 5.02 Å². The highest BCUT2D eigenvalue weighted by molar-refractivity contribution is 6.31. The van der Waals surface area contributed by atoms with Crippen molar-refractivity contribution in [2.45, 2.75) is 51.5 Å². The average Bonchev–Trinajstić information content (AvgIpc) is 3.01. The van der Waals surface area contributed by atoms with E-state index in [4.69, 9.17) is 11.6 Å². The van der Waals surface area contributed by atoms with Crippen molar-refractivity contribution in [2.24, 2.45) is 0 Å². The van der Waals surface area contributed by atoms with Crippen LogP contribution in [0.15, 0.2) is 18.2 Å². The van der Waals surface area contributed by atoms with Crippen molar-refractivity contribution >= 4 is 11.6 Å². The molecule has 2 aromatic rings. The highest BCUT2D eigenvalue weighted by atomic mass is 35.5. The van der Waals surface area contributed by atoms with Gasteiger partial charge in [-0.1, -0.05) is 43.9 Å². The molecule has 6 heteroatoms. The van der Waals surface area contributed by atoms with E-state index in [9.17, 15) is 0 Å². The minimum atomic E-state index is -0.131. The van der Waals surface area contributed by atoms with Crippen LogP contribution in [0.1, 0.15) is 50.4 Å². The van der Waals surface area contributed by atoms with Crippen LogP contribution in [0.25, 0.3) is 5.69 Å². The lowest BCUT2D eigenvalue weighted by atomic mass is 9.81. The molecule has 5 nitrogen and oxygen atoms in total. The Kier molecular flexibility index (Phi) is 4.45. The van der Waals surface area contributed by atoms with Gasteiger partial charge in [0.15, 0.2) is 5.82 Å². The molecule has 1 aliphatic rings. The summed E-state index contributed by atoms with van der Waals surface area (Å²) in [5.41, 5.74) is 1.84. The summed E-state index contributed by atoms with van der Waals surface area (Å²) in [6.45, 7) is 5.03. The van der Waals surface area contributed by atoms with E-state index in [1.54, 1.807) is 0 Å². The molecule has 0 atom stereocenters. The normalized spacial score (nSPS) is 17.6. The summed E-state index contributed by atoms with van der Waals surface area (Å²) in [7, 11) is 0. The van der Waals surface area contributed by atoms with Crippen molar-refractivity contribution in [1.82, 2.24) is 25.5 Å². The number of nitrogens with one attached hydrogen (secondary N) is 1. The number of aromatic nitrogens is 4. The van der Waals surface area contributed by atoms with Crippen LogP contribution in [0.4, 0.5) is 0 Å². The Morgan fingerprint density at radius 3 is 2.73 bits per heavy atom. The number of hydrogen-bond donors (Lipinski definition) is 1. The molecule has 1 aromatic heterocycles. The molecule has 0 aliphatic heterocycles. The van der Waals surface area contributed by atoms with Crippen molar-refractivity contribution in [3.8, 4) is 5.69 Å².